The molecular weight excluding hydrogens is 344 g/mol. The van der Waals surface area contributed by atoms with Gasteiger partial charge in [0.2, 0.25) is 0 Å². The number of benzene rings is 2. The molecule has 0 aromatic heterocycles. The van der Waals surface area contributed by atoms with Gasteiger partial charge in [-0.25, -0.2) is 0 Å². The summed E-state index contributed by atoms with van der Waals surface area (Å²) in [5, 5.41) is 2.83. The van der Waals surface area contributed by atoms with Gasteiger partial charge in [-0.3, -0.25) is 19.3 Å². The number of nitrogens with one attached hydrogen (secondary N) is 1. The zero-order chi connectivity index (χ0) is 19.6. The SMILES string of the molecule is CC(C)OCc1ccc(CNC(=O)c2ccc3c(c2)C(=O)N(C)C3=O)cc1. The zero-order valence-electron chi connectivity index (χ0n) is 15.6. The maximum Gasteiger partial charge on any atom is 0.261 e. The molecule has 0 spiro atoms. The Hall–Kier alpha value is -2.99. The molecule has 140 valence electrons. The number of carbonyl (C=O) groups is 3. The molecule has 1 aliphatic heterocycles. The summed E-state index contributed by atoms with van der Waals surface area (Å²) in [6, 6.07) is 12.4. The Balaban J connectivity index is 1.62. The second-order valence-electron chi connectivity index (χ2n) is 6.79. The first-order valence-corrected chi connectivity index (χ1v) is 8.81. The average Bonchev–Trinajstić information content (AvgIpc) is 2.89. The molecule has 2 aromatic rings. The standard InChI is InChI=1S/C21H22N2O4/c1-13(2)27-12-15-6-4-14(5-7-15)11-22-19(24)16-8-9-17-18(10-16)21(26)23(3)20(17)25/h4-10,13H,11-12H2,1-3H3,(H,22,24). The minimum absolute atomic E-state index is 0.179. The average molecular weight is 366 g/mol. The first kappa shape index (κ1) is 18.8. The highest BCUT2D eigenvalue weighted by Gasteiger charge is 2.33. The molecule has 1 aliphatic rings. The minimum atomic E-state index is -0.385. The molecule has 0 fully saturated rings. The van der Waals surface area contributed by atoms with Crippen LogP contribution in [0.25, 0.3) is 0 Å². The molecule has 6 nitrogen and oxygen atoms in total. The van der Waals surface area contributed by atoms with Crippen molar-refractivity contribution in [3.63, 3.8) is 0 Å². The predicted molar refractivity (Wildman–Crippen MR) is 100 cm³/mol. The summed E-state index contributed by atoms with van der Waals surface area (Å²) in [7, 11) is 1.43. The number of hydrogen-bond donors (Lipinski definition) is 1. The van der Waals surface area contributed by atoms with Crippen LogP contribution in [-0.2, 0) is 17.9 Å². The van der Waals surface area contributed by atoms with Gasteiger partial charge in [-0.2, -0.15) is 0 Å². The van der Waals surface area contributed by atoms with Crippen molar-refractivity contribution < 1.29 is 19.1 Å². The predicted octanol–water partition coefficient (Wildman–Crippen LogP) is 2.77. The summed E-state index contributed by atoms with van der Waals surface area (Å²) < 4.78 is 5.56. The number of hydrogen-bond acceptors (Lipinski definition) is 4. The molecule has 0 unspecified atom stereocenters. The minimum Gasteiger partial charge on any atom is -0.374 e. The molecule has 1 heterocycles. The fourth-order valence-electron chi connectivity index (χ4n) is 2.80. The number of rotatable bonds is 6. The van der Waals surface area contributed by atoms with Gasteiger partial charge in [0.1, 0.15) is 0 Å². The van der Waals surface area contributed by atoms with Gasteiger partial charge in [-0.05, 0) is 43.2 Å². The normalized spacial score (nSPS) is 13.3. The van der Waals surface area contributed by atoms with Crippen LogP contribution in [0.5, 0.6) is 0 Å². The third-order valence-corrected chi connectivity index (χ3v) is 4.41. The van der Waals surface area contributed by atoms with Crippen LogP contribution in [0.15, 0.2) is 42.5 Å². The van der Waals surface area contributed by atoms with Crippen LogP contribution in [0.2, 0.25) is 0 Å². The number of carbonyl (C=O) groups excluding carboxylic acids is 3. The number of nitrogens with zero attached hydrogens (tertiary/aromatic N) is 1. The molecular formula is C21H22N2O4. The van der Waals surface area contributed by atoms with Crippen molar-refractivity contribution in [3.05, 3.63) is 70.3 Å². The van der Waals surface area contributed by atoms with Crippen LogP contribution in [0.3, 0.4) is 0 Å². The highest BCUT2D eigenvalue weighted by molar-refractivity contribution is 6.21. The van der Waals surface area contributed by atoms with E-state index in [1.165, 1.54) is 19.2 Å². The highest BCUT2D eigenvalue weighted by atomic mass is 16.5. The maximum absolute atomic E-state index is 12.4. The first-order valence-electron chi connectivity index (χ1n) is 8.81. The lowest BCUT2D eigenvalue weighted by atomic mass is 10.1. The lowest BCUT2D eigenvalue weighted by molar-refractivity contribution is 0.0656. The number of fused-ring (bicyclic) bond motifs is 1. The molecule has 3 rings (SSSR count). The molecule has 1 N–H and O–H groups in total. The summed E-state index contributed by atoms with van der Waals surface area (Å²) in [6.45, 7) is 4.91. The molecule has 27 heavy (non-hydrogen) atoms. The van der Waals surface area contributed by atoms with E-state index in [1.807, 2.05) is 38.1 Å². The zero-order valence-corrected chi connectivity index (χ0v) is 15.6. The van der Waals surface area contributed by atoms with E-state index in [-0.39, 0.29) is 29.4 Å². The van der Waals surface area contributed by atoms with Gasteiger partial charge in [0.05, 0.1) is 23.8 Å². The van der Waals surface area contributed by atoms with Crippen molar-refractivity contribution in [2.75, 3.05) is 7.05 Å². The maximum atomic E-state index is 12.4. The second-order valence-corrected chi connectivity index (χ2v) is 6.79. The molecule has 0 saturated carbocycles. The van der Waals surface area contributed by atoms with Gasteiger partial charge >= 0.3 is 0 Å². The summed E-state index contributed by atoms with van der Waals surface area (Å²) >= 11 is 0. The van der Waals surface area contributed by atoms with Crippen molar-refractivity contribution in [3.8, 4) is 0 Å². The van der Waals surface area contributed by atoms with E-state index >= 15 is 0 Å². The van der Waals surface area contributed by atoms with Crippen LogP contribution < -0.4 is 5.32 Å². The Labute approximate surface area is 158 Å². The Morgan fingerprint density at radius 3 is 2.30 bits per heavy atom. The van der Waals surface area contributed by atoms with Crippen LogP contribution in [0.4, 0.5) is 0 Å². The van der Waals surface area contributed by atoms with Gasteiger partial charge in [-0.1, -0.05) is 24.3 Å². The van der Waals surface area contributed by atoms with Crippen LogP contribution >= 0.6 is 0 Å². The summed E-state index contributed by atoms with van der Waals surface area (Å²) in [6.07, 6.45) is 0.179. The Morgan fingerprint density at radius 1 is 1.00 bits per heavy atom. The third kappa shape index (κ3) is 4.06. The third-order valence-electron chi connectivity index (χ3n) is 4.41. The number of amides is 3. The van der Waals surface area contributed by atoms with Crippen molar-refractivity contribution >= 4 is 17.7 Å². The second kappa shape index (κ2) is 7.72. The van der Waals surface area contributed by atoms with E-state index in [9.17, 15) is 14.4 Å². The van der Waals surface area contributed by atoms with Crippen molar-refractivity contribution in [2.45, 2.75) is 33.1 Å². The van der Waals surface area contributed by atoms with Gasteiger partial charge in [0, 0.05) is 19.2 Å². The van der Waals surface area contributed by atoms with Gasteiger partial charge in [-0.15, -0.1) is 0 Å². The van der Waals surface area contributed by atoms with Crippen molar-refractivity contribution in [1.29, 1.82) is 0 Å². The molecule has 0 bridgehead atoms. The lowest BCUT2D eigenvalue weighted by Crippen LogP contribution is -2.24. The van der Waals surface area contributed by atoms with Crippen LogP contribution in [-0.4, -0.2) is 35.8 Å². The molecule has 0 radical (unpaired) electrons. The van der Waals surface area contributed by atoms with Gasteiger partial charge in [0.15, 0.2) is 0 Å². The Morgan fingerprint density at radius 2 is 1.63 bits per heavy atom. The molecule has 2 aromatic carbocycles. The van der Waals surface area contributed by atoms with E-state index in [1.54, 1.807) is 6.07 Å². The molecule has 3 amide bonds. The van der Waals surface area contributed by atoms with Gasteiger partial charge < -0.3 is 10.1 Å². The van der Waals surface area contributed by atoms with E-state index in [4.69, 9.17) is 4.74 Å². The molecule has 6 heteroatoms. The van der Waals surface area contributed by atoms with Crippen molar-refractivity contribution in [2.24, 2.45) is 0 Å². The fraction of sp³-hybridized carbons (Fsp3) is 0.286. The van der Waals surface area contributed by atoms with Crippen LogP contribution in [0.1, 0.15) is 56.0 Å². The van der Waals surface area contributed by atoms with E-state index in [0.717, 1.165) is 16.0 Å². The van der Waals surface area contributed by atoms with E-state index in [2.05, 4.69) is 5.32 Å². The quantitative estimate of drug-likeness (QED) is 0.798. The number of ether oxygens (including phenoxy) is 1. The van der Waals surface area contributed by atoms with Crippen LogP contribution in [0, 0.1) is 0 Å². The largest absolute Gasteiger partial charge is 0.374 e. The van der Waals surface area contributed by atoms with E-state index < -0.39 is 0 Å². The topological polar surface area (TPSA) is 75.7 Å². The smallest absolute Gasteiger partial charge is 0.261 e. The molecule has 0 saturated heterocycles. The fourth-order valence-corrected chi connectivity index (χ4v) is 2.80. The van der Waals surface area contributed by atoms with Gasteiger partial charge in [0.25, 0.3) is 17.7 Å². The van der Waals surface area contributed by atoms with Crippen molar-refractivity contribution in [1.82, 2.24) is 10.2 Å². The van der Waals surface area contributed by atoms with E-state index in [0.29, 0.717) is 24.3 Å². The first-order chi connectivity index (χ1) is 12.9. The Kier molecular flexibility index (Phi) is 5.37. The molecule has 0 atom stereocenters. The summed E-state index contributed by atoms with van der Waals surface area (Å²) in [5.41, 5.74) is 2.99. The highest BCUT2D eigenvalue weighted by Crippen LogP contribution is 2.22. The number of imide groups is 1. The lowest BCUT2D eigenvalue weighted by Gasteiger charge is -2.09. The monoisotopic (exact) mass is 366 g/mol. The Bertz CT molecular complexity index is 888. The summed E-state index contributed by atoms with van der Waals surface area (Å²) in [5.74, 6) is -1.02. The summed E-state index contributed by atoms with van der Waals surface area (Å²) in [4.78, 5) is 37.4. The molecule has 0 aliphatic carbocycles.